The Morgan fingerprint density at radius 2 is 1.71 bits per heavy atom. The molecule has 1 aromatic carbocycles. The largest absolute Gasteiger partial charge is 0.343 e. The van der Waals surface area contributed by atoms with Crippen molar-refractivity contribution in [2.75, 3.05) is 31.9 Å². The Labute approximate surface area is 145 Å². The van der Waals surface area contributed by atoms with Crippen LogP contribution >= 0.6 is 0 Å². The van der Waals surface area contributed by atoms with E-state index in [2.05, 4.69) is 0 Å². The summed E-state index contributed by atoms with van der Waals surface area (Å²) in [5.74, 6) is 0.262. The maximum absolute atomic E-state index is 12.5. The number of carbonyl (C=O) groups excluding carboxylic acids is 1. The highest BCUT2D eigenvalue weighted by Crippen LogP contribution is 2.22. The maximum atomic E-state index is 12.5. The van der Waals surface area contributed by atoms with Gasteiger partial charge < -0.3 is 4.90 Å². The SMILES string of the molecule is CCN(CC)C(=O)C1CCN(S(=O)(=O)CCc2ccccc2)CC1. The Bertz CT molecular complexity index is 619. The molecular formula is C18H28N2O3S. The lowest BCUT2D eigenvalue weighted by atomic mass is 9.96. The van der Waals surface area contributed by atoms with E-state index in [0.717, 1.165) is 5.56 Å². The number of nitrogens with zero attached hydrogens (tertiary/aromatic N) is 2. The molecule has 0 spiro atoms. The first-order valence-corrected chi connectivity index (χ1v) is 10.4. The lowest BCUT2D eigenvalue weighted by Gasteiger charge is -2.33. The summed E-state index contributed by atoms with van der Waals surface area (Å²) in [4.78, 5) is 14.2. The van der Waals surface area contributed by atoms with Crippen LogP contribution in [0, 0.1) is 5.92 Å². The molecule has 0 saturated carbocycles. The first kappa shape index (κ1) is 18.9. The average Bonchev–Trinajstić information content (AvgIpc) is 2.62. The van der Waals surface area contributed by atoms with Crippen molar-refractivity contribution < 1.29 is 13.2 Å². The van der Waals surface area contributed by atoms with Gasteiger partial charge in [-0.05, 0) is 38.7 Å². The summed E-state index contributed by atoms with van der Waals surface area (Å²) in [7, 11) is -3.25. The van der Waals surface area contributed by atoms with Crippen LogP contribution in [-0.4, -0.2) is 55.5 Å². The molecule has 0 atom stereocenters. The van der Waals surface area contributed by atoms with Gasteiger partial charge in [0.25, 0.3) is 0 Å². The van der Waals surface area contributed by atoms with E-state index < -0.39 is 10.0 Å². The third kappa shape index (κ3) is 4.80. The lowest BCUT2D eigenvalue weighted by molar-refractivity contribution is -0.136. The summed E-state index contributed by atoms with van der Waals surface area (Å²) in [6.07, 6.45) is 1.78. The van der Waals surface area contributed by atoms with E-state index in [-0.39, 0.29) is 17.6 Å². The number of benzene rings is 1. The number of piperidine rings is 1. The summed E-state index contributed by atoms with van der Waals surface area (Å²) < 4.78 is 26.6. The van der Waals surface area contributed by atoms with Gasteiger partial charge >= 0.3 is 0 Å². The minimum Gasteiger partial charge on any atom is -0.343 e. The van der Waals surface area contributed by atoms with Gasteiger partial charge in [0.2, 0.25) is 15.9 Å². The number of hydrogen-bond donors (Lipinski definition) is 0. The molecule has 1 saturated heterocycles. The standard InChI is InChI=1S/C18H28N2O3S/c1-3-19(4-2)18(21)17-10-13-20(14-11-17)24(22,23)15-12-16-8-6-5-7-9-16/h5-9,17H,3-4,10-15H2,1-2H3. The van der Waals surface area contributed by atoms with Crippen LogP contribution in [0.15, 0.2) is 30.3 Å². The molecule has 0 unspecified atom stereocenters. The third-order valence-corrected chi connectivity index (χ3v) is 6.64. The van der Waals surface area contributed by atoms with Crippen LogP contribution in [0.4, 0.5) is 0 Å². The Balaban J connectivity index is 1.87. The zero-order chi connectivity index (χ0) is 17.6. The Kier molecular flexibility index (Phi) is 6.80. The van der Waals surface area contributed by atoms with Gasteiger partial charge in [-0.2, -0.15) is 0 Å². The Morgan fingerprint density at radius 3 is 2.25 bits per heavy atom. The van der Waals surface area contributed by atoms with Crippen molar-refractivity contribution in [3.63, 3.8) is 0 Å². The molecule has 6 heteroatoms. The zero-order valence-corrected chi connectivity index (χ0v) is 15.5. The van der Waals surface area contributed by atoms with Gasteiger partial charge in [0, 0.05) is 32.1 Å². The molecule has 1 aromatic rings. The number of aryl methyl sites for hydroxylation is 1. The second-order valence-corrected chi connectivity index (χ2v) is 8.32. The number of carbonyl (C=O) groups is 1. The molecular weight excluding hydrogens is 324 g/mol. The highest BCUT2D eigenvalue weighted by atomic mass is 32.2. The number of hydrogen-bond acceptors (Lipinski definition) is 3. The molecule has 1 aliphatic rings. The van der Waals surface area contributed by atoms with Gasteiger partial charge in [-0.15, -0.1) is 0 Å². The van der Waals surface area contributed by atoms with E-state index in [1.165, 1.54) is 0 Å². The van der Waals surface area contributed by atoms with Gasteiger partial charge in [0.15, 0.2) is 0 Å². The zero-order valence-electron chi connectivity index (χ0n) is 14.6. The fraction of sp³-hybridized carbons (Fsp3) is 0.611. The molecule has 0 N–H and O–H groups in total. The van der Waals surface area contributed by atoms with E-state index in [4.69, 9.17) is 0 Å². The molecule has 24 heavy (non-hydrogen) atoms. The first-order chi connectivity index (χ1) is 11.5. The molecule has 0 bridgehead atoms. The monoisotopic (exact) mass is 352 g/mol. The van der Waals surface area contributed by atoms with Crippen LogP contribution in [0.25, 0.3) is 0 Å². The molecule has 1 fully saturated rings. The molecule has 1 heterocycles. The molecule has 5 nitrogen and oxygen atoms in total. The highest BCUT2D eigenvalue weighted by molar-refractivity contribution is 7.89. The van der Waals surface area contributed by atoms with Crippen molar-refractivity contribution in [3.05, 3.63) is 35.9 Å². The van der Waals surface area contributed by atoms with Gasteiger partial charge in [-0.25, -0.2) is 12.7 Å². The van der Waals surface area contributed by atoms with Crippen molar-refractivity contribution in [3.8, 4) is 0 Å². The topological polar surface area (TPSA) is 57.7 Å². The van der Waals surface area contributed by atoms with Crippen LogP contribution in [-0.2, 0) is 21.2 Å². The average molecular weight is 353 g/mol. The summed E-state index contributed by atoms with van der Waals surface area (Å²) >= 11 is 0. The fourth-order valence-corrected chi connectivity index (χ4v) is 4.71. The van der Waals surface area contributed by atoms with Gasteiger partial charge in [0.05, 0.1) is 5.75 Å². The summed E-state index contributed by atoms with van der Waals surface area (Å²) in [5, 5.41) is 0. The smallest absolute Gasteiger partial charge is 0.225 e. The Morgan fingerprint density at radius 1 is 1.12 bits per heavy atom. The summed E-state index contributed by atoms with van der Waals surface area (Å²) in [6, 6.07) is 9.67. The fourth-order valence-electron chi connectivity index (χ4n) is 3.20. The van der Waals surface area contributed by atoms with Crippen LogP contribution in [0.5, 0.6) is 0 Å². The molecule has 0 radical (unpaired) electrons. The molecule has 1 aliphatic heterocycles. The van der Waals surface area contributed by atoms with Gasteiger partial charge in [0.1, 0.15) is 0 Å². The van der Waals surface area contributed by atoms with Crippen molar-refractivity contribution in [1.29, 1.82) is 0 Å². The van der Waals surface area contributed by atoms with Crippen LogP contribution in [0.3, 0.4) is 0 Å². The lowest BCUT2D eigenvalue weighted by Crippen LogP contribution is -2.45. The van der Waals surface area contributed by atoms with Crippen molar-refractivity contribution in [1.82, 2.24) is 9.21 Å². The molecule has 134 valence electrons. The Hall–Kier alpha value is -1.40. The number of rotatable bonds is 7. The minimum atomic E-state index is -3.25. The van der Waals surface area contributed by atoms with Crippen molar-refractivity contribution >= 4 is 15.9 Å². The number of amides is 1. The van der Waals surface area contributed by atoms with E-state index in [1.54, 1.807) is 4.31 Å². The molecule has 1 amide bonds. The van der Waals surface area contributed by atoms with E-state index >= 15 is 0 Å². The molecule has 0 aromatic heterocycles. The minimum absolute atomic E-state index is 0.0366. The van der Waals surface area contributed by atoms with Gasteiger partial charge in [-0.3, -0.25) is 4.79 Å². The molecule has 0 aliphatic carbocycles. The first-order valence-electron chi connectivity index (χ1n) is 8.78. The quantitative estimate of drug-likeness (QED) is 0.755. The third-order valence-electron chi connectivity index (χ3n) is 4.76. The second kappa shape index (κ2) is 8.62. The predicted octanol–water partition coefficient (Wildman–Crippen LogP) is 2.14. The number of sulfonamides is 1. The van der Waals surface area contributed by atoms with Crippen LogP contribution < -0.4 is 0 Å². The van der Waals surface area contributed by atoms with Crippen LogP contribution in [0.2, 0.25) is 0 Å². The maximum Gasteiger partial charge on any atom is 0.225 e. The van der Waals surface area contributed by atoms with Gasteiger partial charge in [-0.1, -0.05) is 30.3 Å². The van der Waals surface area contributed by atoms with Crippen molar-refractivity contribution in [2.24, 2.45) is 5.92 Å². The predicted molar refractivity (Wildman–Crippen MR) is 96.2 cm³/mol. The van der Waals surface area contributed by atoms with E-state index in [9.17, 15) is 13.2 Å². The molecule has 2 rings (SSSR count). The summed E-state index contributed by atoms with van der Waals surface area (Å²) in [5.41, 5.74) is 1.03. The second-order valence-electron chi connectivity index (χ2n) is 6.24. The van der Waals surface area contributed by atoms with E-state index in [1.807, 2.05) is 49.1 Å². The van der Waals surface area contributed by atoms with Crippen molar-refractivity contribution in [2.45, 2.75) is 33.1 Å². The van der Waals surface area contributed by atoms with E-state index in [0.29, 0.717) is 45.4 Å². The van der Waals surface area contributed by atoms with Crippen LogP contribution in [0.1, 0.15) is 32.3 Å². The normalized spacial score (nSPS) is 16.9. The highest BCUT2D eigenvalue weighted by Gasteiger charge is 2.32. The summed E-state index contributed by atoms with van der Waals surface area (Å²) in [6.45, 7) is 6.29.